The summed E-state index contributed by atoms with van der Waals surface area (Å²) in [5.74, 6) is -0.440. The summed E-state index contributed by atoms with van der Waals surface area (Å²) < 4.78 is 5.75. The number of halogens is 1. The fourth-order valence-electron chi connectivity index (χ4n) is 2.84. The Morgan fingerprint density at radius 1 is 0.935 bits per heavy atom. The molecule has 3 rings (SSSR count). The summed E-state index contributed by atoms with van der Waals surface area (Å²) in [5, 5.41) is 6.98. The summed E-state index contributed by atoms with van der Waals surface area (Å²) in [4.78, 5) is 24.7. The standard InChI is InChI=1S/C24H24BrN3O3/c1-15(27-28-22(29)16-8-10-18(11-9-16)24(2,3)4)17-6-5-7-19(14-17)26-23(30)20-12-13-21(25)31-20/h5-14H,1-4H3,(H,26,30)(H,28,29)/b27-15+. The maximum absolute atomic E-state index is 12.4. The Balaban J connectivity index is 1.66. The highest BCUT2D eigenvalue weighted by molar-refractivity contribution is 9.10. The molecule has 0 saturated heterocycles. The number of carbonyl (C=O) groups is 2. The zero-order chi connectivity index (χ0) is 22.6. The topological polar surface area (TPSA) is 83.7 Å². The molecule has 0 aliphatic carbocycles. The number of anilines is 1. The Bertz CT molecular complexity index is 1130. The van der Waals surface area contributed by atoms with Gasteiger partial charge in [0.1, 0.15) is 0 Å². The average Bonchev–Trinajstić information content (AvgIpc) is 3.18. The van der Waals surface area contributed by atoms with Crippen molar-refractivity contribution in [1.82, 2.24) is 5.43 Å². The van der Waals surface area contributed by atoms with E-state index in [9.17, 15) is 9.59 Å². The third kappa shape index (κ3) is 5.92. The molecule has 1 aromatic heterocycles. The zero-order valence-corrected chi connectivity index (χ0v) is 19.4. The van der Waals surface area contributed by atoms with Crippen molar-refractivity contribution in [3.8, 4) is 0 Å². The van der Waals surface area contributed by atoms with Gasteiger partial charge in [-0.05, 0) is 75.8 Å². The summed E-state index contributed by atoms with van der Waals surface area (Å²) in [7, 11) is 0. The van der Waals surface area contributed by atoms with Crippen LogP contribution in [0.4, 0.5) is 5.69 Å². The van der Waals surface area contributed by atoms with Crippen LogP contribution in [0.5, 0.6) is 0 Å². The maximum Gasteiger partial charge on any atom is 0.291 e. The molecule has 0 saturated carbocycles. The molecule has 0 unspecified atom stereocenters. The summed E-state index contributed by atoms with van der Waals surface area (Å²) in [6.45, 7) is 8.16. The minimum absolute atomic E-state index is 0.0254. The van der Waals surface area contributed by atoms with E-state index in [0.29, 0.717) is 21.6 Å². The molecule has 160 valence electrons. The molecular weight excluding hydrogens is 458 g/mol. The van der Waals surface area contributed by atoms with E-state index >= 15 is 0 Å². The van der Waals surface area contributed by atoms with E-state index < -0.39 is 0 Å². The van der Waals surface area contributed by atoms with Crippen molar-refractivity contribution in [2.24, 2.45) is 5.10 Å². The molecule has 2 amide bonds. The molecule has 1 heterocycles. The lowest BCUT2D eigenvalue weighted by atomic mass is 9.87. The predicted molar refractivity (Wildman–Crippen MR) is 126 cm³/mol. The number of hydrazone groups is 1. The lowest BCUT2D eigenvalue weighted by Crippen LogP contribution is -2.20. The second-order valence-corrected chi connectivity index (χ2v) is 8.89. The molecule has 0 aliphatic rings. The molecule has 3 aromatic rings. The van der Waals surface area contributed by atoms with Crippen molar-refractivity contribution in [3.63, 3.8) is 0 Å². The van der Waals surface area contributed by atoms with Gasteiger partial charge in [-0.3, -0.25) is 9.59 Å². The van der Waals surface area contributed by atoms with E-state index in [4.69, 9.17) is 4.42 Å². The van der Waals surface area contributed by atoms with Crippen molar-refractivity contribution in [2.45, 2.75) is 33.1 Å². The van der Waals surface area contributed by atoms with E-state index in [1.165, 1.54) is 0 Å². The van der Waals surface area contributed by atoms with Crippen LogP contribution in [0.2, 0.25) is 0 Å². The molecule has 0 bridgehead atoms. The van der Waals surface area contributed by atoms with Gasteiger partial charge < -0.3 is 9.73 Å². The molecule has 7 heteroatoms. The molecule has 0 fully saturated rings. The predicted octanol–water partition coefficient (Wildman–Crippen LogP) is 5.75. The summed E-state index contributed by atoms with van der Waals surface area (Å²) in [5.41, 5.74) is 6.27. The van der Waals surface area contributed by atoms with Gasteiger partial charge in [-0.2, -0.15) is 5.10 Å². The molecule has 2 N–H and O–H groups in total. The molecule has 0 atom stereocenters. The molecule has 0 aliphatic heterocycles. The smallest absolute Gasteiger partial charge is 0.291 e. The molecule has 2 aromatic carbocycles. The van der Waals surface area contributed by atoms with Crippen LogP contribution in [0.1, 0.15) is 59.7 Å². The van der Waals surface area contributed by atoms with Crippen LogP contribution in [0.3, 0.4) is 0 Å². The Kier molecular flexibility index (Phi) is 6.75. The highest BCUT2D eigenvalue weighted by Crippen LogP contribution is 2.22. The van der Waals surface area contributed by atoms with Gasteiger partial charge in [0.25, 0.3) is 11.8 Å². The van der Waals surface area contributed by atoms with Crippen molar-refractivity contribution in [3.05, 3.63) is 87.8 Å². The number of nitrogens with zero attached hydrogens (tertiary/aromatic N) is 1. The van der Waals surface area contributed by atoms with Gasteiger partial charge in [0, 0.05) is 11.3 Å². The number of furan rings is 1. The number of hydrogen-bond acceptors (Lipinski definition) is 4. The minimum atomic E-state index is -0.357. The Morgan fingerprint density at radius 2 is 1.65 bits per heavy atom. The first-order valence-corrected chi connectivity index (χ1v) is 10.5. The Morgan fingerprint density at radius 3 is 2.26 bits per heavy atom. The van der Waals surface area contributed by atoms with E-state index in [2.05, 4.69) is 52.5 Å². The Hall–Kier alpha value is -3.19. The fraction of sp³-hybridized carbons (Fsp3) is 0.208. The van der Waals surface area contributed by atoms with Gasteiger partial charge in [0.2, 0.25) is 0 Å². The van der Waals surface area contributed by atoms with Gasteiger partial charge >= 0.3 is 0 Å². The SMILES string of the molecule is C/C(=N\NC(=O)c1ccc(C(C)(C)C)cc1)c1cccc(NC(=O)c2ccc(Br)o2)c1. The number of carbonyl (C=O) groups excluding carboxylic acids is 2. The number of benzene rings is 2. The van der Waals surface area contributed by atoms with Crippen LogP contribution in [0.25, 0.3) is 0 Å². The van der Waals surface area contributed by atoms with E-state index in [1.807, 2.05) is 18.2 Å². The van der Waals surface area contributed by atoms with Gasteiger partial charge in [-0.1, -0.05) is 45.0 Å². The van der Waals surface area contributed by atoms with Crippen LogP contribution in [-0.4, -0.2) is 17.5 Å². The minimum Gasteiger partial charge on any atom is -0.444 e. The lowest BCUT2D eigenvalue weighted by Gasteiger charge is -2.18. The molecular formula is C24H24BrN3O3. The highest BCUT2D eigenvalue weighted by atomic mass is 79.9. The molecule has 0 spiro atoms. The van der Waals surface area contributed by atoms with E-state index in [-0.39, 0.29) is 23.0 Å². The van der Waals surface area contributed by atoms with Gasteiger partial charge in [-0.25, -0.2) is 5.43 Å². The number of amides is 2. The van der Waals surface area contributed by atoms with Crippen molar-refractivity contribution < 1.29 is 14.0 Å². The van der Waals surface area contributed by atoms with Crippen LogP contribution < -0.4 is 10.7 Å². The summed E-state index contributed by atoms with van der Waals surface area (Å²) in [6.07, 6.45) is 0. The second kappa shape index (κ2) is 9.31. The van der Waals surface area contributed by atoms with Crippen LogP contribution in [-0.2, 0) is 5.41 Å². The third-order valence-electron chi connectivity index (χ3n) is 4.67. The van der Waals surface area contributed by atoms with Gasteiger partial charge in [0.05, 0.1) is 5.71 Å². The first kappa shape index (κ1) is 22.5. The van der Waals surface area contributed by atoms with E-state index in [1.54, 1.807) is 49.4 Å². The second-order valence-electron chi connectivity index (χ2n) is 8.10. The third-order valence-corrected chi connectivity index (χ3v) is 5.10. The fourth-order valence-corrected chi connectivity index (χ4v) is 3.14. The number of nitrogens with one attached hydrogen (secondary N) is 2. The van der Waals surface area contributed by atoms with Crippen molar-refractivity contribution >= 4 is 39.1 Å². The quantitative estimate of drug-likeness (QED) is 0.359. The van der Waals surface area contributed by atoms with Crippen LogP contribution in [0.15, 0.2) is 74.9 Å². The van der Waals surface area contributed by atoms with Crippen molar-refractivity contribution in [1.29, 1.82) is 0 Å². The first-order chi connectivity index (χ1) is 14.6. The zero-order valence-electron chi connectivity index (χ0n) is 17.8. The van der Waals surface area contributed by atoms with Gasteiger partial charge in [-0.15, -0.1) is 0 Å². The number of hydrogen-bond donors (Lipinski definition) is 2. The first-order valence-electron chi connectivity index (χ1n) is 9.76. The molecule has 6 nitrogen and oxygen atoms in total. The monoisotopic (exact) mass is 481 g/mol. The normalized spacial score (nSPS) is 11.8. The largest absolute Gasteiger partial charge is 0.444 e. The van der Waals surface area contributed by atoms with Gasteiger partial charge in [0.15, 0.2) is 10.4 Å². The van der Waals surface area contributed by atoms with Crippen LogP contribution in [0, 0.1) is 0 Å². The Labute approximate surface area is 189 Å². The maximum atomic E-state index is 12.4. The molecule has 0 radical (unpaired) electrons. The average molecular weight is 482 g/mol. The highest BCUT2D eigenvalue weighted by Gasteiger charge is 2.14. The number of rotatable bonds is 5. The lowest BCUT2D eigenvalue weighted by molar-refractivity contribution is 0.0953. The summed E-state index contributed by atoms with van der Waals surface area (Å²) >= 11 is 3.18. The van der Waals surface area contributed by atoms with Crippen molar-refractivity contribution in [2.75, 3.05) is 5.32 Å². The van der Waals surface area contributed by atoms with E-state index in [0.717, 1.165) is 11.1 Å². The van der Waals surface area contributed by atoms with Crippen LogP contribution >= 0.6 is 15.9 Å². The molecule has 31 heavy (non-hydrogen) atoms. The summed E-state index contributed by atoms with van der Waals surface area (Å²) in [6, 6.07) is 17.9.